The smallest absolute Gasteiger partial charge is 0.269 e. The summed E-state index contributed by atoms with van der Waals surface area (Å²) in [7, 11) is 0. The molecule has 2 rings (SSSR count). The van der Waals surface area contributed by atoms with Crippen LogP contribution in [0.5, 0.6) is 0 Å². The second kappa shape index (κ2) is 7.54. The lowest BCUT2D eigenvalue weighted by atomic mass is 9.89. The van der Waals surface area contributed by atoms with E-state index in [9.17, 15) is 14.9 Å². The quantitative estimate of drug-likeness (QED) is 0.609. The largest absolute Gasteiger partial charge is 0.378 e. The van der Waals surface area contributed by atoms with E-state index < -0.39 is 4.92 Å². The molecule has 0 saturated carbocycles. The van der Waals surface area contributed by atoms with E-state index in [0.29, 0.717) is 6.42 Å². The van der Waals surface area contributed by atoms with Crippen molar-refractivity contribution < 1.29 is 9.72 Å². The summed E-state index contributed by atoms with van der Waals surface area (Å²) < 4.78 is 0. The third-order valence-corrected chi connectivity index (χ3v) is 3.89. The van der Waals surface area contributed by atoms with E-state index in [-0.39, 0.29) is 23.4 Å². The molecule has 0 aromatic heterocycles. The summed E-state index contributed by atoms with van der Waals surface area (Å²) in [5.74, 6) is -0.174. The van der Waals surface area contributed by atoms with Crippen LogP contribution in [-0.4, -0.2) is 10.7 Å². The fourth-order valence-electron chi connectivity index (χ4n) is 2.55. The second-order valence-corrected chi connectivity index (χ2v) is 5.45. The molecule has 23 heavy (non-hydrogen) atoms. The molecule has 0 unspecified atom stereocenters. The standard InChI is InChI=1S/C18H20N2O3/c1-3-17(21)13(2)18(19-15-9-5-4-6-10-15)14-8-7-11-16(12-14)20(22)23/h4-13,18-19H,3H2,1-2H3/t13-,18-/m0/s1. The van der Waals surface area contributed by atoms with Crippen LogP contribution in [0.4, 0.5) is 11.4 Å². The highest BCUT2D eigenvalue weighted by atomic mass is 16.6. The maximum Gasteiger partial charge on any atom is 0.269 e. The SMILES string of the molecule is CCC(=O)[C@H](C)[C@H](Nc1ccccc1)c1cccc([N+](=O)[O-])c1. The number of rotatable bonds is 7. The van der Waals surface area contributed by atoms with Gasteiger partial charge in [0.2, 0.25) is 0 Å². The normalized spacial score (nSPS) is 13.1. The number of nitrogens with zero attached hydrogens (tertiary/aromatic N) is 1. The Morgan fingerprint density at radius 3 is 2.48 bits per heavy atom. The number of hydrogen-bond donors (Lipinski definition) is 1. The van der Waals surface area contributed by atoms with Gasteiger partial charge in [0.25, 0.3) is 5.69 Å². The first-order chi connectivity index (χ1) is 11.0. The first kappa shape index (κ1) is 16.7. The lowest BCUT2D eigenvalue weighted by molar-refractivity contribution is -0.384. The van der Waals surface area contributed by atoms with Crippen LogP contribution in [0.2, 0.25) is 0 Å². The Balaban J connectivity index is 2.38. The monoisotopic (exact) mass is 312 g/mol. The number of hydrogen-bond acceptors (Lipinski definition) is 4. The molecule has 2 atom stereocenters. The predicted octanol–water partition coefficient (Wildman–Crippen LogP) is 4.36. The first-order valence-electron chi connectivity index (χ1n) is 7.61. The van der Waals surface area contributed by atoms with Gasteiger partial charge in [0, 0.05) is 30.2 Å². The Bertz CT molecular complexity index is 686. The number of nitro groups is 1. The summed E-state index contributed by atoms with van der Waals surface area (Å²) in [6, 6.07) is 15.7. The number of ketones is 1. The second-order valence-electron chi connectivity index (χ2n) is 5.45. The average molecular weight is 312 g/mol. The minimum Gasteiger partial charge on any atom is -0.378 e. The summed E-state index contributed by atoms with van der Waals surface area (Å²) in [6.45, 7) is 3.68. The average Bonchev–Trinajstić information content (AvgIpc) is 2.59. The van der Waals surface area contributed by atoms with Crippen molar-refractivity contribution in [2.24, 2.45) is 5.92 Å². The molecule has 0 aliphatic carbocycles. The molecular formula is C18H20N2O3. The molecular weight excluding hydrogens is 292 g/mol. The molecule has 2 aromatic rings. The van der Waals surface area contributed by atoms with E-state index in [1.807, 2.05) is 50.2 Å². The van der Waals surface area contributed by atoms with Gasteiger partial charge in [0.1, 0.15) is 5.78 Å². The van der Waals surface area contributed by atoms with Crippen LogP contribution in [0.1, 0.15) is 31.9 Å². The van der Waals surface area contributed by atoms with Gasteiger partial charge in [-0.15, -0.1) is 0 Å². The zero-order valence-corrected chi connectivity index (χ0v) is 13.2. The third kappa shape index (κ3) is 4.16. The van der Waals surface area contributed by atoms with Crippen LogP contribution >= 0.6 is 0 Å². The topological polar surface area (TPSA) is 72.2 Å². The Hall–Kier alpha value is -2.69. The van der Waals surface area contributed by atoms with Crippen molar-refractivity contribution in [3.8, 4) is 0 Å². The summed E-state index contributed by atoms with van der Waals surface area (Å²) in [6.07, 6.45) is 0.434. The van der Waals surface area contributed by atoms with E-state index in [4.69, 9.17) is 0 Å². The Morgan fingerprint density at radius 2 is 1.87 bits per heavy atom. The molecule has 0 aliphatic heterocycles. The Morgan fingerprint density at radius 1 is 1.17 bits per heavy atom. The summed E-state index contributed by atoms with van der Waals surface area (Å²) in [5, 5.41) is 14.3. The van der Waals surface area contributed by atoms with Gasteiger partial charge in [-0.05, 0) is 17.7 Å². The van der Waals surface area contributed by atoms with Crippen LogP contribution in [0.3, 0.4) is 0 Å². The fourth-order valence-corrected chi connectivity index (χ4v) is 2.55. The molecule has 1 N–H and O–H groups in total. The van der Waals surface area contributed by atoms with Crippen LogP contribution in [-0.2, 0) is 4.79 Å². The Labute approximate surface area is 135 Å². The van der Waals surface area contributed by atoms with Gasteiger partial charge in [-0.25, -0.2) is 0 Å². The number of anilines is 1. The summed E-state index contributed by atoms with van der Waals surface area (Å²) >= 11 is 0. The van der Waals surface area contributed by atoms with Crippen LogP contribution in [0, 0.1) is 16.0 Å². The minimum atomic E-state index is -0.421. The highest BCUT2D eigenvalue weighted by molar-refractivity contribution is 5.81. The molecule has 5 nitrogen and oxygen atoms in total. The van der Waals surface area contributed by atoms with Gasteiger partial charge in [0.15, 0.2) is 0 Å². The van der Waals surface area contributed by atoms with Crippen molar-refractivity contribution in [2.75, 3.05) is 5.32 Å². The zero-order valence-electron chi connectivity index (χ0n) is 13.2. The number of carbonyl (C=O) groups excluding carboxylic acids is 1. The maximum absolute atomic E-state index is 12.2. The van der Waals surface area contributed by atoms with Gasteiger partial charge in [-0.3, -0.25) is 14.9 Å². The number of benzene rings is 2. The number of nitro benzene ring substituents is 1. The zero-order chi connectivity index (χ0) is 16.8. The van der Waals surface area contributed by atoms with Gasteiger partial charge in [0.05, 0.1) is 11.0 Å². The van der Waals surface area contributed by atoms with Crippen molar-refractivity contribution >= 4 is 17.2 Å². The van der Waals surface area contributed by atoms with Gasteiger partial charge in [-0.2, -0.15) is 0 Å². The van der Waals surface area contributed by atoms with E-state index >= 15 is 0 Å². The number of non-ortho nitro benzene ring substituents is 1. The molecule has 0 spiro atoms. The van der Waals surface area contributed by atoms with Crippen molar-refractivity contribution in [3.63, 3.8) is 0 Å². The molecule has 2 aromatic carbocycles. The molecule has 0 fully saturated rings. The molecule has 0 heterocycles. The first-order valence-corrected chi connectivity index (χ1v) is 7.61. The molecule has 120 valence electrons. The van der Waals surface area contributed by atoms with E-state index in [0.717, 1.165) is 11.3 Å². The third-order valence-electron chi connectivity index (χ3n) is 3.89. The van der Waals surface area contributed by atoms with Crippen LogP contribution in [0.25, 0.3) is 0 Å². The highest BCUT2D eigenvalue weighted by Crippen LogP contribution is 2.30. The lowest BCUT2D eigenvalue weighted by Crippen LogP contribution is -2.25. The summed E-state index contributed by atoms with van der Waals surface area (Å²) in [4.78, 5) is 22.8. The fraction of sp³-hybridized carbons (Fsp3) is 0.278. The van der Waals surface area contributed by atoms with Crippen molar-refractivity contribution in [1.82, 2.24) is 0 Å². The molecule has 0 bridgehead atoms. The van der Waals surface area contributed by atoms with E-state index in [1.165, 1.54) is 12.1 Å². The molecule has 0 amide bonds. The van der Waals surface area contributed by atoms with E-state index in [2.05, 4.69) is 5.32 Å². The van der Waals surface area contributed by atoms with E-state index in [1.54, 1.807) is 6.07 Å². The molecule has 0 saturated heterocycles. The van der Waals surface area contributed by atoms with Crippen molar-refractivity contribution in [3.05, 3.63) is 70.3 Å². The molecule has 0 radical (unpaired) electrons. The number of para-hydroxylation sites is 1. The number of nitrogens with one attached hydrogen (secondary N) is 1. The predicted molar refractivity (Wildman–Crippen MR) is 90.4 cm³/mol. The minimum absolute atomic E-state index is 0.0264. The van der Waals surface area contributed by atoms with Gasteiger partial charge < -0.3 is 5.32 Å². The molecule has 5 heteroatoms. The number of Topliss-reactive ketones (excluding diaryl/α,β-unsaturated/α-hetero) is 1. The van der Waals surface area contributed by atoms with Gasteiger partial charge >= 0.3 is 0 Å². The number of carbonyl (C=O) groups is 1. The lowest BCUT2D eigenvalue weighted by Gasteiger charge is -2.25. The Kier molecular flexibility index (Phi) is 5.46. The van der Waals surface area contributed by atoms with Crippen LogP contribution in [0.15, 0.2) is 54.6 Å². The maximum atomic E-state index is 12.2. The van der Waals surface area contributed by atoms with Crippen molar-refractivity contribution in [2.45, 2.75) is 26.3 Å². The summed E-state index contributed by atoms with van der Waals surface area (Å²) in [5.41, 5.74) is 1.63. The molecule has 0 aliphatic rings. The van der Waals surface area contributed by atoms with Crippen LogP contribution < -0.4 is 5.32 Å². The van der Waals surface area contributed by atoms with Gasteiger partial charge in [-0.1, -0.05) is 44.2 Å². The van der Waals surface area contributed by atoms with Crippen molar-refractivity contribution in [1.29, 1.82) is 0 Å². The highest BCUT2D eigenvalue weighted by Gasteiger charge is 2.25.